The Morgan fingerprint density at radius 3 is 1.59 bits per heavy atom. The Labute approximate surface area is 222 Å². The van der Waals surface area contributed by atoms with Gasteiger partial charge in [0, 0.05) is 18.5 Å². The van der Waals surface area contributed by atoms with Gasteiger partial charge in [0.1, 0.15) is 9.75 Å². The highest BCUT2D eigenvalue weighted by molar-refractivity contribution is 6.36. The van der Waals surface area contributed by atoms with E-state index in [1.54, 1.807) is 30.3 Å². The first-order valence-corrected chi connectivity index (χ1v) is 12.6. The normalized spacial score (nSPS) is 26.8. The number of hydrogen-bond donors (Lipinski definition) is 2. The first-order chi connectivity index (χ1) is 17.8. The molecule has 2 bridgehead atoms. The number of amides is 4. The van der Waals surface area contributed by atoms with Crippen LogP contribution >= 0.6 is 23.2 Å². The van der Waals surface area contributed by atoms with Crippen molar-refractivity contribution in [2.75, 3.05) is 6.54 Å². The zero-order valence-electron chi connectivity index (χ0n) is 19.4. The molecule has 2 atom stereocenters. The minimum absolute atomic E-state index is 0.162. The average molecular weight is 534 g/mol. The Kier molecular flexibility index (Phi) is 5.40. The smallest absolute Gasteiger partial charge is 0.269 e. The lowest BCUT2D eigenvalue weighted by Gasteiger charge is -2.54. The third-order valence-electron chi connectivity index (χ3n) is 7.59. The predicted molar refractivity (Wildman–Crippen MR) is 137 cm³/mol. The van der Waals surface area contributed by atoms with E-state index in [1.165, 1.54) is 0 Å². The van der Waals surface area contributed by atoms with Crippen LogP contribution in [0.25, 0.3) is 0 Å². The third-order valence-corrected chi connectivity index (χ3v) is 8.88. The topological polar surface area (TPSA) is 95.6 Å². The van der Waals surface area contributed by atoms with Gasteiger partial charge in [-0.2, -0.15) is 0 Å². The molecule has 0 unspecified atom stereocenters. The molecular weight excluding hydrogens is 513 g/mol. The van der Waals surface area contributed by atoms with Gasteiger partial charge >= 0.3 is 0 Å². The molecule has 0 saturated carbocycles. The number of alkyl halides is 2. The standard InChI is InChI=1S/C28H21Cl2N3O4/c29-27-17-10-4-5-11-18(17)28(30,20-13-7-6-12-19(20)27)23-22(27)25(36)33(26(23)37)15-14-21(34)31-32-24(35)16-8-2-1-3-9-16/h1-13,22-23H,14-15H2,(H,31,34)(H,32,35)/t22-,23+,27?,28?. The highest BCUT2D eigenvalue weighted by Gasteiger charge is 2.72. The van der Waals surface area contributed by atoms with Crippen LogP contribution in [0.4, 0.5) is 0 Å². The molecule has 1 saturated heterocycles. The number of nitrogens with one attached hydrogen (secondary N) is 2. The van der Waals surface area contributed by atoms with Crippen LogP contribution in [-0.4, -0.2) is 35.1 Å². The highest BCUT2D eigenvalue weighted by Crippen LogP contribution is 2.69. The number of hydrogen-bond acceptors (Lipinski definition) is 4. The van der Waals surface area contributed by atoms with E-state index in [9.17, 15) is 19.2 Å². The largest absolute Gasteiger partial charge is 0.281 e. The molecule has 3 aliphatic carbocycles. The number of hydrazine groups is 1. The van der Waals surface area contributed by atoms with Gasteiger partial charge in [0.05, 0.1) is 11.8 Å². The van der Waals surface area contributed by atoms with Crippen molar-refractivity contribution in [2.45, 2.75) is 16.2 Å². The molecule has 3 aromatic carbocycles. The summed E-state index contributed by atoms with van der Waals surface area (Å²) >= 11 is 14.7. The van der Waals surface area contributed by atoms with Crippen LogP contribution in [0.2, 0.25) is 0 Å². The Morgan fingerprint density at radius 2 is 1.14 bits per heavy atom. The molecular formula is C28H21Cl2N3O4. The summed E-state index contributed by atoms with van der Waals surface area (Å²) in [7, 11) is 0. The van der Waals surface area contributed by atoms with Gasteiger partial charge in [-0.1, -0.05) is 66.7 Å². The molecule has 1 aliphatic heterocycles. The summed E-state index contributed by atoms with van der Waals surface area (Å²) in [6, 6.07) is 23.2. The van der Waals surface area contributed by atoms with E-state index in [0.29, 0.717) is 5.56 Å². The van der Waals surface area contributed by atoms with Crippen molar-refractivity contribution in [1.29, 1.82) is 0 Å². The Morgan fingerprint density at radius 1 is 0.703 bits per heavy atom. The van der Waals surface area contributed by atoms with Crippen molar-refractivity contribution < 1.29 is 19.2 Å². The van der Waals surface area contributed by atoms with Crippen molar-refractivity contribution in [3.8, 4) is 0 Å². The molecule has 2 N–H and O–H groups in total. The minimum Gasteiger partial charge on any atom is -0.281 e. The van der Waals surface area contributed by atoms with Gasteiger partial charge in [0.15, 0.2) is 0 Å². The summed E-state index contributed by atoms with van der Waals surface area (Å²) in [6.07, 6.45) is -0.198. The number of carbonyl (C=O) groups is 4. The van der Waals surface area contributed by atoms with Gasteiger partial charge in [0.2, 0.25) is 17.7 Å². The van der Waals surface area contributed by atoms with E-state index >= 15 is 0 Å². The monoisotopic (exact) mass is 533 g/mol. The van der Waals surface area contributed by atoms with Crippen molar-refractivity contribution in [3.63, 3.8) is 0 Å². The molecule has 37 heavy (non-hydrogen) atoms. The van der Waals surface area contributed by atoms with E-state index < -0.39 is 45.2 Å². The molecule has 0 aromatic heterocycles. The third kappa shape index (κ3) is 3.20. The van der Waals surface area contributed by atoms with E-state index in [-0.39, 0.29) is 13.0 Å². The van der Waals surface area contributed by atoms with Crippen LogP contribution < -0.4 is 10.9 Å². The lowest BCUT2D eigenvalue weighted by Crippen LogP contribution is -2.57. The number of likely N-dealkylation sites (tertiary alicyclic amines) is 1. The molecule has 7 nitrogen and oxygen atoms in total. The molecule has 4 aliphatic rings. The van der Waals surface area contributed by atoms with Gasteiger partial charge in [-0.15, -0.1) is 23.2 Å². The Balaban J connectivity index is 1.26. The maximum atomic E-state index is 13.7. The molecule has 9 heteroatoms. The van der Waals surface area contributed by atoms with E-state index in [2.05, 4.69) is 10.9 Å². The van der Waals surface area contributed by atoms with Gasteiger partial charge < -0.3 is 0 Å². The van der Waals surface area contributed by atoms with Gasteiger partial charge in [-0.25, -0.2) is 0 Å². The molecule has 4 amide bonds. The maximum Gasteiger partial charge on any atom is 0.269 e. The molecule has 0 radical (unpaired) electrons. The fourth-order valence-electron chi connectivity index (χ4n) is 6.01. The highest BCUT2D eigenvalue weighted by atomic mass is 35.5. The number of benzene rings is 3. The molecule has 7 rings (SSSR count). The Bertz CT molecular complexity index is 1350. The zero-order chi connectivity index (χ0) is 25.9. The molecule has 0 spiro atoms. The number of halogens is 2. The van der Waals surface area contributed by atoms with Crippen LogP contribution in [0, 0.1) is 11.8 Å². The summed E-state index contributed by atoms with van der Waals surface area (Å²) in [5.41, 5.74) is 7.92. The van der Waals surface area contributed by atoms with Crippen molar-refractivity contribution in [3.05, 3.63) is 107 Å². The first kappa shape index (κ1) is 23.7. The van der Waals surface area contributed by atoms with Crippen molar-refractivity contribution in [2.24, 2.45) is 11.8 Å². The van der Waals surface area contributed by atoms with Crippen LogP contribution in [0.5, 0.6) is 0 Å². The predicted octanol–water partition coefficient (Wildman–Crippen LogP) is 3.43. The van der Waals surface area contributed by atoms with Crippen LogP contribution in [0.1, 0.15) is 39.0 Å². The van der Waals surface area contributed by atoms with Gasteiger partial charge in [-0.05, 0) is 34.4 Å². The summed E-state index contributed by atoms with van der Waals surface area (Å²) in [6.45, 7) is -0.162. The SMILES string of the molecule is O=C(CCN1C(=O)[C@@H]2[C@H](C1=O)C1(Cl)c3ccccc3C2(Cl)c2ccccc21)NNC(=O)c1ccccc1. The van der Waals surface area contributed by atoms with Crippen LogP contribution in [0.15, 0.2) is 78.9 Å². The second-order valence-corrected chi connectivity index (χ2v) is 10.6. The van der Waals surface area contributed by atoms with Crippen molar-refractivity contribution in [1.82, 2.24) is 15.8 Å². The van der Waals surface area contributed by atoms with E-state index in [0.717, 1.165) is 27.2 Å². The maximum absolute atomic E-state index is 13.7. The fraction of sp³-hybridized carbons (Fsp3) is 0.214. The molecule has 1 fully saturated rings. The lowest BCUT2D eigenvalue weighted by atomic mass is 9.54. The number of imide groups is 1. The quantitative estimate of drug-likeness (QED) is 0.305. The van der Waals surface area contributed by atoms with Crippen LogP contribution in [-0.2, 0) is 24.1 Å². The summed E-state index contributed by atoms with van der Waals surface area (Å²) in [5.74, 6) is -3.76. The number of carbonyl (C=O) groups excluding carboxylic acids is 4. The lowest BCUT2D eigenvalue weighted by molar-refractivity contribution is -0.140. The Hall–Kier alpha value is -3.68. The van der Waals surface area contributed by atoms with E-state index in [4.69, 9.17) is 23.2 Å². The number of nitrogens with zero attached hydrogens (tertiary/aromatic N) is 1. The van der Waals surface area contributed by atoms with E-state index in [1.807, 2.05) is 48.5 Å². The van der Waals surface area contributed by atoms with Gasteiger partial charge in [0.25, 0.3) is 5.91 Å². The molecule has 186 valence electrons. The summed E-state index contributed by atoms with van der Waals surface area (Å²) < 4.78 is 0. The van der Waals surface area contributed by atoms with Gasteiger partial charge in [-0.3, -0.25) is 34.9 Å². The van der Waals surface area contributed by atoms with Crippen molar-refractivity contribution >= 4 is 46.8 Å². The second kappa shape index (κ2) is 8.43. The second-order valence-electron chi connectivity index (χ2n) is 9.42. The minimum atomic E-state index is -1.26. The summed E-state index contributed by atoms with van der Waals surface area (Å²) in [4.78, 5) is 50.7. The van der Waals surface area contributed by atoms with Crippen LogP contribution in [0.3, 0.4) is 0 Å². The molecule has 3 aromatic rings. The zero-order valence-corrected chi connectivity index (χ0v) is 20.9. The average Bonchev–Trinajstić information content (AvgIpc) is 3.19. The first-order valence-electron chi connectivity index (χ1n) is 11.9. The molecule has 1 heterocycles. The summed E-state index contributed by atoms with van der Waals surface area (Å²) in [5, 5.41) is 0. The number of rotatable bonds is 4. The fourth-order valence-corrected chi connectivity index (χ4v) is 7.11.